The summed E-state index contributed by atoms with van der Waals surface area (Å²) in [7, 11) is 1.30. The molecule has 0 aliphatic carbocycles. The van der Waals surface area contributed by atoms with E-state index >= 15 is 0 Å². The van der Waals surface area contributed by atoms with Crippen molar-refractivity contribution in [1.82, 2.24) is 0 Å². The summed E-state index contributed by atoms with van der Waals surface area (Å²) < 4.78 is 9.82. The minimum absolute atomic E-state index is 0.0904. The molecule has 0 spiro atoms. The van der Waals surface area contributed by atoms with Crippen LogP contribution in [0.25, 0.3) is 0 Å². The summed E-state index contributed by atoms with van der Waals surface area (Å²) in [6.45, 7) is 3.94. The normalized spacial score (nSPS) is 9.61. The van der Waals surface area contributed by atoms with E-state index in [4.69, 9.17) is 4.74 Å². The van der Waals surface area contributed by atoms with Crippen molar-refractivity contribution in [1.29, 1.82) is 0 Å². The van der Waals surface area contributed by atoms with Gasteiger partial charge in [0.1, 0.15) is 12.4 Å². The largest absolute Gasteiger partial charge is 0.490 e. The smallest absolute Gasteiger partial charge is 0.305 e. The van der Waals surface area contributed by atoms with E-state index in [2.05, 4.69) is 11.3 Å². The van der Waals surface area contributed by atoms with Gasteiger partial charge >= 0.3 is 5.97 Å². The minimum atomic E-state index is -0.387. The van der Waals surface area contributed by atoms with Crippen molar-refractivity contribution < 1.29 is 19.1 Å². The van der Waals surface area contributed by atoms with E-state index in [9.17, 15) is 9.59 Å². The molecule has 0 heterocycles. The highest BCUT2D eigenvalue weighted by molar-refractivity contribution is 5.97. The zero-order valence-electron chi connectivity index (χ0n) is 10.3. The van der Waals surface area contributed by atoms with Crippen LogP contribution in [-0.4, -0.2) is 25.5 Å². The quantitative estimate of drug-likeness (QED) is 0.422. The van der Waals surface area contributed by atoms with Crippen LogP contribution in [-0.2, 0) is 9.53 Å². The highest BCUT2D eigenvalue weighted by Gasteiger charge is 2.10. The van der Waals surface area contributed by atoms with Gasteiger partial charge in [-0.25, -0.2) is 0 Å². The van der Waals surface area contributed by atoms with Crippen molar-refractivity contribution >= 4 is 11.8 Å². The number of carbonyl (C=O) groups excluding carboxylic acids is 2. The maximum atomic E-state index is 11.8. The predicted octanol–water partition coefficient (Wildman–Crippen LogP) is 2.39. The first-order valence-corrected chi connectivity index (χ1v) is 5.61. The number of esters is 1. The standard InChI is InChI=1S/C14H16O4/c1-3-9-18-12-6-4-5-11(10-12)13(15)7-8-14(16)17-2/h3-6,10H,1,7-9H2,2H3. The number of carbonyl (C=O) groups is 2. The minimum Gasteiger partial charge on any atom is -0.490 e. The Hall–Kier alpha value is -2.10. The first-order chi connectivity index (χ1) is 8.67. The van der Waals surface area contributed by atoms with Crippen molar-refractivity contribution in [2.75, 3.05) is 13.7 Å². The number of hydrogen-bond acceptors (Lipinski definition) is 4. The van der Waals surface area contributed by atoms with Crippen LogP contribution in [0, 0.1) is 0 Å². The van der Waals surface area contributed by atoms with Crippen LogP contribution in [0.4, 0.5) is 0 Å². The van der Waals surface area contributed by atoms with E-state index in [0.29, 0.717) is 17.9 Å². The Labute approximate surface area is 106 Å². The average Bonchev–Trinajstić information content (AvgIpc) is 2.42. The van der Waals surface area contributed by atoms with E-state index in [0.717, 1.165) is 0 Å². The van der Waals surface area contributed by atoms with Gasteiger partial charge in [-0.1, -0.05) is 24.8 Å². The van der Waals surface area contributed by atoms with Crippen molar-refractivity contribution in [3.8, 4) is 5.75 Å². The van der Waals surface area contributed by atoms with Crippen LogP contribution >= 0.6 is 0 Å². The van der Waals surface area contributed by atoms with E-state index in [1.807, 2.05) is 0 Å². The Kier molecular flexibility index (Phi) is 5.64. The van der Waals surface area contributed by atoms with Crippen molar-refractivity contribution in [2.45, 2.75) is 12.8 Å². The average molecular weight is 248 g/mol. The van der Waals surface area contributed by atoms with Crippen LogP contribution < -0.4 is 4.74 Å². The number of rotatable bonds is 7. The molecule has 0 saturated heterocycles. The number of hydrogen-bond donors (Lipinski definition) is 0. The number of methoxy groups -OCH3 is 1. The Bertz CT molecular complexity index is 437. The summed E-state index contributed by atoms with van der Waals surface area (Å²) in [6.07, 6.45) is 1.86. The topological polar surface area (TPSA) is 52.6 Å². The number of ketones is 1. The molecule has 0 unspecified atom stereocenters. The molecule has 18 heavy (non-hydrogen) atoms. The first-order valence-electron chi connectivity index (χ1n) is 5.61. The zero-order chi connectivity index (χ0) is 13.4. The lowest BCUT2D eigenvalue weighted by atomic mass is 10.1. The summed E-state index contributed by atoms with van der Waals surface area (Å²) in [5.74, 6) is 0.116. The molecule has 1 aromatic rings. The molecule has 96 valence electrons. The third-order valence-electron chi connectivity index (χ3n) is 2.31. The SMILES string of the molecule is C=CCOc1cccc(C(=O)CCC(=O)OC)c1. The number of ether oxygens (including phenoxy) is 2. The van der Waals surface area contributed by atoms with Gasteiger partial charge in [0.2, 0.25) is 0 Å². The molecule has 0 aromatic heterocycles. The molecular formula is C14H16O4. The Morgan fingerprint density at radius 1 is 1.33 bits per heavy atom. The van der Waals surface area contributed by atoms with Crippen molar-refractivity contribution in [3.05, 3.63) is 42.5 Å². The van der Waals surface area contributed by atoms with Crippen LogP contribution in [0.3, 0.4) is 0 Å². The fraction of sp³-hybridized carbons (Fsp3) is 0.286. The summed E-state index contributed by atoms with van der Waals surface area (Å²) in [6, 6.07) is 6.86. The monoisotopic (exact) mass is 248 g/mol. The molecule has 0 atom stereocenters. The maximum absolute atomic E-state index is 11.8. The maximum Gasteiger partial charge on any atom is 0.305 e. The summed E-state index contributed by atoms with van der Waals surface area (Å²) in [5.41, 5.74) is 0.528. The van der Waals surface area contributed by atoms with E-state index < -0.39 is 0 Å². The molecule has 0 fully saturated rings. The van der Waals surface area contributed by atoms with Gasteiger partial charge in [-0.2, -0.15) is 0 Å². The molecule has 1 rings (SSSR count). The third-order valence-corrected chi connectivity index (χ3v) is 2.31. The fourth-order valence-corrected chi connectivity index (χ4v) is 1.38. The molecule has 0 bridgehead atoms. The summed E-state index contributed by atoms with van der Waals surface area (Å²) >= 11 is 0. The second-order valence-electron chi connectivity index (χ2n) is 3.63. The molecule has 0 N–H and O–H groups in total. The van der Waals surface area contributed by atoms with E-state index in [1.165, 1.54) is 7.11 Å². The molecule has 0 amide bonds. The Balaban J connectivity index is 2.62. The summed E-state index contributed by atoms with van der Waals surface area (Å²) in [5, 5.41) is 0. The Morgan fingerprint density at radius 2 is 2.11 bits per heavy atom. The number of Topliss-reactive ketones (excluding diaryl/α,β-unsaturated/α-hetero) is 1. The Morgan fingerprint density at radius 3 is 2.78 bits per heavy atom. The molecule has 4 heteroatoms. The fourth-order valence-electron chi connectivity index (χ4n) is 1.38. The molecule has 1 aromatic carbocycles. The van der Waals surface area contributed by atoms with Gasteiger partial charge < -0.3 is 9.47 Å². The first kappa shape index (κ1) is 14.0. The third kappa shape index (κ3) is 4.41. The number of benzene rings is 1. The van der Waals surface area contributed by atoms with Crippen LogP contribution in [0.15, 0.2) is 36.9 Å². The lowest BCUT2D eigenvalue weighted by Gasteiger charge is -2.05. The second kappa shape index (κ2) is 7.27. The van der Waals surface area contributed by atoms with Gasteiger partial charge in [-0.15, -0.1) is 0 Å². The van der Waals surface area contributed by atoms with Gasteiger partial charge in [0.05, 0.1) is 13.5 Å². The van der Waals surface area contributed by atoms with Crippen molar-refractivity contribution in [3.63, 3.8) is 0 Å². The lowest BCUT2D eigenvalue weighted by Crippen LogP contribution is -2.06. The van der Waals surface area contributed by atoms with Gasteiger partial charge in [0.15, 0.2) is 5.78 Å². The van der Waals surface area contributed by atoms with Crippen molar-refractivity contribution in [2.24, 2.45) is 0 Å². The predicted molar refractivity (Wildman–Crippen MR) is 67.7 cm³/mol. The molecule has 0 radical (unpaired) electrons. The van der Waals surface area contributed by atoms with Gasteiger partial charge in [0.25, 0.3) is 0 Å². The van der Waals surface area contributed by atoms with Gasteiger partial charge in [-0.05, 0) is 12.1 Å². The second-order valence-corrected chi connectivity index (χ2v) is 3.63. The molecular weight excluding hydrogens is 232 g/mol. The van der Waals surface area contributed by atoms with E-state index in [-0.39, 0.29) is 24.6 Å². The van der Waals surface area contributed by atoms with E-state index in [1.54, 1.807) is 30.3 Å². The molecule has 0 saturated carbocycles. The zero-order valence-corrected chi connectivity index (χ0v) is 10.3. The lowest BCUT2D eigenvalue weighted by molar-refractivity contribution is -0.140. The van der Waals surface area contributed by atoms with Crippen LogP contribution in [0.2, 0.25) is 0 Å². The highest BCUT2D eigenvalue weighted by atomic mass is 16.5. The molecule has 0 aliphatic rings. The highest BCUT2D eigenvalue weighted by Crippen LogP contribution is 2.15. The van der Waals surface area contributed by atoms with Crippen LogP contribution in [0.5, 0.6) is 5.75 Å². The van der Waals surface area contributed by atoms with Crippen LogP contribution in [0.1, 0.15) is 23.2 Å². The molecule has 4 nitrogen and oxygen atoms in total. The summed E-state index contributed by atoms with van der Waals surface area (Å²) in [4.78, 5) is 22.8. The van der Waals surface area contributed by atoms with Gasteiger partial charge in [0, 0.05) is 12.0 Å². The molecule has 0 aliphatic heterocycles. The van der Waals surface area contributed by atoms with Gasteiger partial charge in [-0.3, -0.25) is 9.59 Å².